The summed E-state index contributed by atoms with van der Waals surface area (Å²) >= 11 is 0. The van der Waals surface area contributed by atoms with Gasteiger partial charge in [-0.3, -0.25) is 19.7 Å². The molecule has 1 aliphatic rings. The zero-order valence-corrected chi connectivity index (χ0v) is 10.1. The molecule has 0 bridgehead atoms. The number of carbonyl (C=O) groups is 3. The molecule has 100 valence electrons. The first-order chi connectivity index (χ1) is 9.04. The van der Waals surface area contributed by atoms with Crippen LogP contribution >= 0.6 is 0 Å². The highest BCUT2D eigenvalue weighted by atomic mass is 19.1. The summed E-state index contributed by atoms with van der Waals surface area (Å²) < 4.78 is 12.9. The summed E-state index contributed by atoms with van der Waals surface area (Å²) in [7, 11) is 0. The third-order valence-corrected chi connectivity index (χ3v) is 2.83. The average molecular weight is 264 g/mol. The van der Waals surface area contributed by atoms with E-state index in [2.05, 4.69) is 10.6 Å². The molecule has 1 aromatic carbocycles. The molecular formula is C13H13FN2O3. The van der Waals surface area contributed by atoms with Gasteiger partial charge in [0.1, 0.15) is 11.9 Å². The van der Waals surface area contributed by atoms with Gasteiger partial charge < -0.3 is 5.32 Å². The van der Waals surface area contributed by atoms with Gasteiger partial charge in [-0.2, -0.15) is 0 Å². The molecule has 0 spiro atoms. The van der Waals surface area contributed by atoms with E-state index in [0.717, 1.165) is 0 Å². The molecule has 0 aliphatic carbocycles. The van der Waals surface area contributed by atoms with Gasteiger partial charge in [-0.05, 0) is 24.1 Å². The summed E-state index contributed by atoms with van der Waals surface area (Å²) in [5.41, 5.74) is 0.532. The fourth-order valence-corrected chi connectivity index (χ4v) is 1.91. The minimum atomic E-state index is -0.696. The molecule has 5 nitrogen and oxygen atoms in total. The number of rotatable bonds is 3. The number of hydrogen-bond acceptors (Lipinski definition) is 3. The van der Waals surface area contributed by atoms with Gasteiger partial charge in [0.15, 0.2) is 0 Å². The molecule has 1 aromatic rings. The van der Waals surface area contributed by atoms with Crippen LogP contribution in [0.3, 0.4) is 0 Å². The van der Waals surface area contributed by atoms with Crippen LogP contribution in [0, 0.1) is 5.82 Å². The highest BCUT2D eigenvalue weighted by Gasteiger charge is 2.27. The van der Waals surface area contributed by atoms with E-state index in [1.165, 1.54) is 18.2 Å². The van der Waals surface area contributed by atoms with Crippen molar-refractivity contribution in [2.45, 2.75) is 25.3 Å². The molecule has 1 saturated heterocycles. The minimum absolute atomic E-state index is 0.00448. The van der Waals surface area contributed by atoms with Gasteiger partial charge in [-0.15, -0.1) is 0 Å². The second-order valence-corrected chi connectivity index (χ2v) is 4.38. The van der Waals surface area contributed by atoms with Crippen LogP contribution in [0.5, 0.6) is 0 Å². The van der Waals surface area contributed by atoms with Gasteiger partial charge in [-0.25, -0.2) is 4.39 Å². The summed E-state index contributed by atoms with van der Waals surface area (Å²) in [6.07, 6.45) is 0.492. The van der Waals surface area contributed by atoms with Crippen molar-refractivity contribution in [3.8, 4) is 0 Å². The third-order valence-electron chi connectivity index (χ3n) is 2.83. The summed E-state index contributed by atoms with van der Waals surface area (Å²) in [6, 6.07) is 5.02. The Kier molecular flexibility index (Phi) is 3.89. The predicted octanol–water partition coefficient (Wildman–Crippen LogP) is 0.290. The molecule has 1 aliphatic heterocycles. The van der Waals surface area contributed by atoms with Crippen molar-refractivity contribution in [2.75, 3.05) is 0 Å². The van der Waals surface area contributed by atoms with Crippen LogP contribution in [-0.4, -0.2) is 23.8 Å². The first kappa shape index (κ1) is 13.2. The molecule has 0 unspecified atom stereocenters. The van der Waals surface area contributed by atoms with E-state index in [9.17, 15) is 18.8 Å². The van der Waals surface area contributed by atoms with Crippen molar-refractivity contribution in [3.05, 3.63) is 35.6 Å². The highest BCUT2D eigenvalue weighted by Crippen LogP contribution is 2.07. The first-order valence-electron chi connectivity index (χ1n) is 5.92. The lowest BCUT2D eigenvalue weighted by Gasteiger charge is -2.21. The smallest absolute Gasteiger partial charge is 0.249 e. The van der Waals surface area contributed by atoms with Crippen molar-refractivity contribution in [1.29, 1.82) is 0 Å². The van der Waals surface area contributed by atoms with E-state index in [0.29, 0.717) is 12.0 Å². The average Bonchev–Trinajstić information content (AvgIpc) is 2.33. The number of carbonyl (C=O) groups excluding carboxylic acids is 3. The monoisotopic (exact) mass is 264 g/mol. The molecule has 6 heteroatoms. The fraction of sp³-hybridized carbons (Fsp3) is 0.308. The van der Waals surface area contributed by atoms with Crippen LogP contribution in [0.25, 0.3) is 0 Å². The van der Waals surface area contributed by atoms with E-state index in [1.54, 1.807) is 6.07 Å². The van der Waals surface area contributed by atoms with Crippen LogP contribution in [0.15, 0.2) is 24.3 Å². The standard InChI is InChI=1S/C13H13FN2O3/c14-9-3-1-2-8(6-9)7-12(18)15-10-4-5-11(17)16-13(10)19/h1-3,6,10H,4-5,7H2,(H,15,18)(H,16,17,19)/t10-/m0/s1. The van der Waals surface area contributed by atoms with Gasteiger partial charge in [0, 0.05) is 6.42 Å². The third kappa shape index (κ3) is 3.61. The summed E-state index contributed by atoms with van der Waals surface area (Å²) in [6.45, 7) is 0. The zero-order chi connectivity index (χ0) is 13.8. The highest BCUT2D eigenvalue weighted by molar-refractivity contribution is 6.01. The van der Waals surface area contributed by atoms with Gasteiger partial charge in [0.2, 0.25) is 17.7 Å². The number of amides is 3. The summed E-state index contributed by atoms with van der Waals surface area (Å²) in [4.78, 5) is 34.1. The van der Waals surface area contributed by atoms with Gasteiger partial charge in [0.25, 0.3) is 0 Å². The number of benzene rings is 1. The van der Waals surface area contributed by atoms with Crippen molar-refractivity contribution in [2.24, 2.45) is 0 Å². The van der Waals surface area contributed by atoms with Crippen molar-refractivity contribution >= 4 is 17.7 Å². The van der Waals surface area contributed by atoms with Gasteiger partial charge >= 0.3 is 0 Å². The van der Waals surface area contributed by atoms with Crippen molar-refractivity contribution in [3.63, 3.8) is 0 Å². The summed E-state index contributed by atoms with van der Waals surface area (Å²) in [5.74, 6) is -1.61. The molecule has 2 rings (SSSR count). The first-order valence-corrected chi connectivity index (χ1v) is 5.92. The van der Waals surface area contributed by atoms with Gasteiger partial charge in [-0.1, -0.05) is 12.1 Å². The molecular weight excluding hydrogens is 251 g/mol. The predicted molar refractivity (Wildman–Crippen MR) is 64.4 cm³/mol. The molecule has 19 heavy (non-hydrogen) atoms. The van der Waals surface area contributed by atoms with E-state index in [-0.39, 0.29) is 24.7 Å². The van der Waals surface area contributed by atoms with Crippen LogP contribution in [0.2, 0.25) is 0 Å². The van der Waals surface area contributed by atoms with Crippen LogP contribution in [0.1, 0.15) is 18.4 Å². The maximum atomic E-state index is 12.9. The molecule has 1 atom stereocenters. The van der Waals surface area contributed by atoms with Crippen molar-refractivity contribution in [1.82, 2.24) is 10.6 Å². The largest absolute Gasteiger partial charge is 0.344 e. The number of nitrogens with one attached hydrogen (secondary N) is 2. The quantitative estimate of drug-likeness (QED) is 0.770. The molecule has 0 saturated carbocycles. The Hall–Kier alpha value is -2.24. The van der Waals surface area contributed by atoms with Gasteiger partial charge in [0.05, 0.1) is 6.42 Å². The van der Waals surface area contributed by atoms with E-state index >= 15 is 0 Å². The topological polar surface area (TPSA) is 75.3 Å². The number of piperidine rings is 1. The second kappa shape index (κ2) is 5.60. The Bertz CT molecular complexity index is 530. The lowest BCUT2D eigenvalue weighted by Crippen LogP contribution is -2.52. The number of hydrogen-bond donors (Lipinski definition) is 2. The lowest BCUT2D eigenvalue weighted by atomic mass is 10.1. The van der Waals surface area contributed by atoms with E-state index in [4.69, 9.17) is 0 Å². The van der Waals surface area contributed by atoms with Crippen molar-refractivity contribution < 1.29 is 18.8 Å². The van der Waals surface area contributed by atoms with E-state index in [1.807, 2.05) is 0 Å². The Morgan fingerprint density at radius 3 is 2.89 bits per heavy atom. The maximum Gasteiger partial charge on any atom is 0.249 e. The minimum Gasteiger partial charge on any atom is -0.344 e. The number of imide groups is 1. The lowest BCUT2D eigenvalue weighted by molar-refractivity contribution is -0.137. The second-order valence-electron chi connectivity index (χ2n) is 4.38. The Balaban J connectivity index is 1.91. The van der Waals surface area contributed by atoms with Crippen LogP contribution in [0.4, 0.5) is 4.39 Å². The Labute approximate surface area is 109 Å². The van der Waals surface area contributed by atoms with Crippen LogP contribution < -0.4 is 10.6 Å². The summed E-state index contributed by atoms with van der Waals surface area (Å²) in [5, 5.41) is 4.69. The molecule has 1 fully saturated rings. The Morgan fingerprint density at radius 2 is 2.21 bits per heavy atom. The zero-order valence-electron chi connectivity index (χ0n) is 10.1. The molecule has 1 heterocycles. The Morgan fingerprint density at radius 1 is 1.42 bits per heavy atom. The SMILES string of the molecule is O=C1CC[C@H](NC(=O)Cc2cccc(F)c2)C(=O)N1. The fourth-order valence-electron chi connectivity index (χ4n) is 1.91. The molecule has 2 N–H and O–H groups in total. The normalized spacial score (nSPS) is 18.9. The molecule has 0 radical (unpaired) electrons. The molecule has 0 aromatic heterocycles. The molecule has 3 amide bonds. The van der Waals surface area contributed by atoms with E-state index < -0.39 is 17.8 Å². The number of halogens is 1. The van der Waals surface area contributed by atoms with Crippen LogP contribution in [-0.2, 0) is 20.8 Å². The maximum absolute atomic E-state index is 12.9.